The summed E-state index contributed by atoms with van der Waals surface area (Å²) in [5.41, 5.74) is 0.821. The molecule has 1 aromatic carbocycles. The number of urea groups is 1. The van der Waals surface area contributed by atoms with E-state index in [0.29, 0.717) is 32.5 Å². The maximum absolute atomic E-state index is 12.3. The number of piperidine rings is 1. The second kappa shape index (κ2) is 8.67. The van der Waals surface area contributed by atoms with Crippen molar-refractivity contribution in [1.82, 2.24) is 10.2 Å². The number of nitrogens with one attached hydrogen (secondary N) is 2. The highest BCUT2D eigenvalue weighted by Crippen LogP contribution is 2.19. The number of hydrogen-bond donors (Lipinski definition) is 2. The highest BCUT2D eigenvalue weighted by Gasteiger charge is 2.27. The highest BCUT2D eigenvalue weighted by atomic mass is 32.1. The Hall–Kier alpha value is -2.34. The Morgan fingerprint density at radius 1 is 1.08 bits per heavy atom. The molecule has 0 spiro atoms. The Bertz CT molecular complexity index is 680. The van der Waals surface area contributed by atoms with Crippen molar-refractivity contribution in [3.63, 3.8) is 0 Å². The van der Waals surface area contributed by atoms with Gasteiger partial charge in [0.25, 0.3) is 0 Å². The molecule has 2 heterocycles. The lowest BCUT2D eigenvalue weighted by Gasteiger charge is -2.31. The average Bonchev–Trinajstić information content (AvgIpc) is 3.16. The van der Waals surface area contributed by atoms with Gasteiger partial charge in [0.05, 0.1) is 0 Å². The minimum absolute atomic E-state index is 0.0292. The molecular weight excluding hydrogens is 334 g/mol. The van der Waals surface area contributed by atoms with Gasteiger partial charge < -0.3 is 15.5 Å². The summed E-state index contributed by atoms with van der Waals surface area (Å²) in [6.45, 7) is 1.89. The van der Waals surface area contributed by atoms with Crippen molar-refractivity contribution in [3.8, 4) is 0 Å². The first-order chi connectivity index (χ1) is 12.2. The second-order valence-electron chi connectivity index (χ2n) is 6.18. The van der Waals surface area contributed by atoms with E-state index in [9.17, 15) is 9.59 Å². The SMILES string of the molecule is O=C(Nc1ccccc1)C1CCN(C(=O)NCCc2cccs2)CC1. The van der Waals surface area contributed by atoms with Crippen LogP contribution in [0, 0.1) is 5.92 Å². The number of anilines is 1. The first kappa shape index (κ1) is 17.5. The largest absolute Gasteiger partial charge is 0.338 e. The average molecular weight is 357 g/mol. The van der Waals surface area contributed by atoms with Crippen molar-refractivity contribution in [1.29, 1.82) is 0 Å². The number of likely N-dealkylation sites (tertiary alicyclic amines) is 1. The molecule has 1 aliphatic heterocycles. The number of thiophene rings is 1. The van der Waals surface area contributed by atoms with E-state index in [-0.39, 0.29) is 17.9 Å². The number of hydrogen-bond acceptors (Lipinski definition) is 3. The number of carbonyl (C=O) groups excluding carboxylic acids is 2. The van der Waals surface area contributed by atoms with Crippen molar-refractivity contribution in [3.05, 3.63) is 52.7 Å². The fourth-order valence-electron chi connectivity index (χ4n) is 2.97. The number of amides is 3. The van der Waals surface area contributed by atoms with Crippen LogP contribution in [0.2, 0.25) is 0 Å². The van der Waals surface area contributed by atoms with E-state index >= 15 is 0 Å². The van der Waals surface area contributed by atoms with Crippen LogP contribution in [0.4, 0.5) is 10.5 Å². The number of carbonyl (C=O) groups is 2. The lowest BCUT2D eigenvalue weighted by molar-refractivity contribution is -0.121. The van der Waals surface area contributed by atoms with Crippen molar-refractivity contribution in [2.45, 2.75) is 19.3 Å². The Labute approximate surface area is 152 Å². The van der Waals surface area contributed by atoms with Crippen molar-refractivity contribution in [2.75, 3.05) is 25.0 Å². The van der Waals surface area contributed by atoms with Gasteiger partial charge in [-0.2, -0.15) is 0 Å². The van der Waals surface area contributed by atoms with Gasteiger partial charge >= 0.3 is 6.03 Å². The lowest BCUT2D eigenvalue weighted by atomic mass is 9.96. The van der Waals surface area contributed by atoms with Gasteiger partial charge in [-0.25, -0.2) is 4.79 Å². The van der Waals surface area contributed by atoms with Gasteiger partial charge in [0.2, 0.25) is 5.91 Å². The van der Waals surface area contributed by atoms with Gasteiger partial charge in [-0.15, -0.1) is 11.3 Å². The van der Waals surface area contributed by atoms with Crippen molar-refractivity contribution >= 4 is 29.0 Å². The molecule has 0 aliphatic carbocycles. The van der Waals surface area contributed by atoms with Gasteiger partial charge in [0.15, 0.2) is 0 Å². The fraction of sp³-hybridized carbons (Fsp3) is 0.368. The molecule has 1 aromatic heterocycles. The molecule has 6 heteroatoms. The van der Waals surface area contributed by atoms with Gasteiger partial charge in [-0.1, -0.05) is 24.3 Å². The van der Waals surface area contributed by atoms with Gasteiger partial charge in [-0.3, -0.25) is 4.79 Å². The zero-order chi connectivity index (χ0) is 17.5. The summed E-state index contributed by atoms with van der Waals surface area (Å²) in [4.78, 5) is 27.6. The monoisotopic (exact) mass is 357 g/mol. The van der Waals surface area contributed by atoms with Crippen LogP contribution < -0.4 is 10.6 Å². The van der Waals surface area contributed by atoms with Gasteiger partial charge in [0, 0.05) is 36.1 Å². The van der Waals surface area contributed by atoms with Crippen LogP contribution in [-0.2, 0) is 11.2 Å². The summed E-state index contributed by atoms with van der Waals surface area (Å²) < 4.78 is 0. The molecule has 3 rings (SSSR count). The van der Waals surface area contributed by atoms with Crippen LogP contribution in [0.25, 0.3) is 0 Å². The smallest absolute Gasteiger partial charge is 0.317 e. The molecule has 132 valence electrons. The zero-order valence-electron chi connectivity index (χ0n) is 14.1. The third-order valence-corrected chi connectivity index (χ3v) is 5.36. The minimum atomic E-state index is -0.0321. The Morgan fingerprint density at radius 2 is 1.84 bits per heavy atom. The molecule has 0 atom stereocenters. The zero-order valence-corrected chi connectivity index (χ0v) is 14.9. The Kier molecular flexibility index (Phi) is 6.06. The molecule has 0 bridgehead atoms. The quantitative estimate of drug-likeness (QED) is 0.862. The maximum Gasteiger partial charge on any atom is 0.317 e. The van der Waals surface area contributed by atoms with E-state index in [1.807, 2.05) is 41.8 Å². The van der Waals surface area contributed by atoms with E-state index in [0.717, 1.165) is 12.1 Å². The first-order valence-electron chi connectivity index (χ1n) is 8.63. The van der Waals surface area contributed by atoms with Crippen LogP contribution in [0.3, 0.4) is 0 Å². The molecule has 0 unspecified atom stereocenters. The molecule has 1 aliphatic rings. The molecule has 5 nitrogen and oxygen atoms in total. The molecule has 2 N–H and O–H groups in total. The van der Waals surface area contributed by atoms with Crippen LogP contribution in [0.5, 0.6) is 0 Å². The summed E-state index contributed by atoms with van der Waals surface area (Å²) in [6.07, 6.45) is 2.27. The van der Waals surface area contributed by atoms with E-state index in [4.69, 9.17) is 0 Å². The Balaban J connectivity index is 1.38. The highest BCUT2D eigenvalue weighted by molar-refractivity contribution is 7.09. The third kappa shape index (κ3) is 5.06. The predicted molar refractivity (Wildman–Crippen MR) is 101 cm³/mol. The molecule has 25 heavy (non-hydrogen) atoms. The number of rotatable bonds is 5. The van der Waals surface area contributed by atoms with E-state index in [1.165, 1.54) is 4.88 Å². The van der Waals surface area contributed by atoms with Crippen LogP contribution in [0.1, 0.15) is 17.7 Å². The maximum atomic E-state index is 12.3. The summed E-state index contributed by atoms with van der Waals surface area (Å²) in [5, 5.41) is 7.96. The van der Waals surface area contributed by atoms with Gasteiger partial charge in [0.1, 0.15) is 0 Å². The van der Waals surface area contributed by atoms with E-state index in [2.05, 4.69) is 16.7 Å². The van der Waals surface area contributed by atoms with Crippen LogP contribution >= 0.6 is 11.3 Å². The van der Waals surface area contributed by atoms with E-state index in [1.54, 1.807) is 16.2 Å². The molecule has 1 saturated heterocycles. The molecule has 0 saturated carbocycles. The summed E-state index contributed by atoms with van der Waals surface area (Å²) in [5.74, 6) is 0.0133. The number of para-hydroxylation sites is 1. The second-order valence-corrected chi connectivity index (χ2v) is 7.21. The summed E-state index contributed by atoms with van der Waals surface area (Å²) in [6, 6.07) is 13.6. The number of nitrogens with zero attached hydrogens (tertiary/aromatic N) is 1. The van der Waals surface area contributed by atoms with E-state index < -0.39 is 0 Å². The third-order valence-electron chi connectivity index (χ3n) is 4.42. The topological polar surface area (TPSA) is 61.4 Å². The first-order valence-corrected chi connectivity index (χ1v) is 9.51. The molecule has 3 amide bonds. The van der Waals surface area contributed by atoms with Crippen molar-refractivity contribution in [2.24, 2.45) is 5.92 Å². The predicted octanol–water partition coefficient (Wildman–Crippen LogP) is 3.35. The Morgan fingerprint density at radius 3 is 2.52 bits per heavy atom. The van der Waals surface area contributed by atoms with Crippen LogP contribution in [0.15, 0.2) is 47.8 Å². The molecular formula is C19H23N3O2S. The lowest BCUT2D eigenvalue weighted by Crippen LogP contribution is -2.46. The van der Waals surface area contributed by atoms with Crippen molar-refractivity contribution < 1.29 is 9.59 Å². The number of benzene rings is 1. The fourth-order valence-corrected chi connectivity index (χ4v) is 3.68. The standard InChI is InChI=1S/C19H23N3O2S/c23-18(21-16-5-2-1-3-6-16)15-9-12-22(13-10-15)19(24)20-11-8-17-7-4-14-25-17/h1-7,14-15H,8-13H2,(H,20,24)(H,21,23). The van der Waals surface area contributed by atoms with Crippen LogP contribution in [-0.4, -0.2) is 36.5 Å². The molecule has 0 radical (unpaired) electrons. The summed E-state index contributed by atoms with van der Waals surface area (Å²) in [7, 11) is 0. The normalized spacial score (nSPS) is 15.0. The van der Waals surface area contributed by atoms with Gasteiger partial charge in [-0.05, 0) is 42.8 Å². The molecule has 1 fully saturated rings. The minimum Gasteiger partial charge on any atom is -0.338 e. The summed E-state index contributed by atoms with van der Waals surface area (Å²) >= 11 is 1.70. The molecule has 2 aromatic rings.